The Balaban J connectivity index is 1.96. The van der Waals surface area contributed by atoms with Gasteiger partial charge in [0, 0.05) is 17.1 Å². The average molecular weight is 359 g/mol. The third-order valence-electron chi connectivity index (χ3n) is 4.38. The lowest BCUT2D eigenvalue weighted by Gasteiger charge is -2.28. The second kappa shape index (κ2) is 8.59. The van der Waals surface area contributed by atoms with Crippen LogP contribution >= 0.6 is 11.3 Å². The number of pyridine rings is 1. The van der Waals surface area contributed by atoms with Crippen LogP contribution in [-0.4, -0.2) is 22.6 Å². The van der Waals surface area contributed by atoms with Gasteiger partial charge >= 0.3 is 0 Å². The lowest BCUT2D eigenvalue weighted by molar-refractivity contribution is 0.288. The van der Waals surface area contributed by atoms with Gasteiger partial charge in [-0.25, -0.2) is 9.97 Å². The van der Waals surface area contributed by atoms with E-state index in [1.807, 2.05) is 25.3 Å². The highest BCUT2D eigenvalue weighted by atomic mass is 32.1. The molecule has 4 nitrogen and oxygen atoms in total. The van der Waals surface area contributed by atoms with Crippen molar-refractivity contribution in [2.24, 2.45) is 5.41 Å². The van der Waals surface area contributed by atoms with Gasteiger partial charge in [0.15, 0.2) is 5.13 Å². The van der Waals surface area contributed by atoms with E-state index in [-0.39, 0.29) is 5.41 Å². The molecular weight excluding hydrogens is 328 g/mol. The van der Waals surface area contributed by atoms with Crippen LogP contribution in [0.4, 0.5) is 10.9 Å². The van der Waals surface area contributed by atoms with Gasteiger partial charge < -0.3 is 10.6 Å². The van der Waals surface area contributed by atoms with E-state index in [4.69, 9.17) is 0 Å². The maximum absolute atomic E-state index is 4.61. The summed E-state index contributed by atoms with van der Waals surface area (Å²) in [5, 5.41) is 7.82. The van der Waals surface area contributed by atoms with Crippen LogP contribution in [0.3, 0.4) is 0 Å². The normalized spacial score (nSPS) is 13.4. The summed E-state index contributed by atoms with van der Waals surface area (Å²) in [4.78, 5) is 10.2. The third kappa shape index (κ3) is 5.94. The Kier molecular flexibility index (Phi) is 6.73. The molecule has 0 spiro atoms. The van der Waals surface area contributed by atoms with E-state index in [1.165, 1.54) is 10.4 Å². The highest BCUT2D eigenvalue weighted by molar-refractivity contribution is 7.15. The first kappa shape index (κ1) is 19.6. The molecular formula is C20H30N4S. The maximum Gasteiger partial charge on any atom is 0.189 e. The number of rotatable bonds is 7. The minimum absolute atomic E-state index is 0.276. The smallest absolute Gasteiger partial charge is 0.189 e. The van der Waals surface area contributed by atoms with E-state index in [0.29, 0.717) is 6.04 Å². The molecule has 0 bridgehead atoms. The van der Waals surface area contributed by atoms with Crippen LogP contribution in [0.15, 0.2) is 24.4 Å². The summed E-state index contributed by atoms with van der Waals surface area (Å²) in [5.74, 6) is 0.849. The molecule has 0 radical (unpaired) electrons. The number of anilines is 2. The zero-order valence-corrected chi connectivity index (χ0v) is 17.0. The minimum Gasteiger partial charge on any atom is -0.316 e. The predicted octanol–water partition coefficient (Wildman–Crippen LogP) is 5.19. The van der Waals surface area contributed by atoms with Gasteiger partial charge in [-0.15, -0.1) is 11.3 Å². The van der Waals surface area contributed by atoms with Crippen molar-refractivity contribution < 1.29 is 0 Å². The van der Waals surface area contributed by atoms with Crippen LogP contribution in [0.5, 0.6) is 0 Å². The molecule has 0 amide bonds. The van der Waals surface area contributed by atoms with Crippen LogP contribution in [0, 0.1) is 12.3 Å². The van der Waals surface area contributed by atoms with Crippen molar-refractivity contribution in [1.82, 2.24) is 15.3 Å². The summed E-state index contributed by atoms with van der Waals surface area (Å²) in [6.45, 7) is 14.1. The first-order valence-corrected chi connectivity index (χ1v) is 9.66. The fourth-order valence-electron chi connectivity index (χ4n) is 2.32. The summed E-state index contributed by atoms with van der Waals surface area (Å²) in [6, 6.07) is 4.66. The fourth-order valence-corrected chi connectivity index (χ4v) is 3.13. The van der Waals surface area contributed by atoms with Crippen LogP contribution in [-0.2, 0) is 6.42 Å². The molecule has 2 aromatic heterocycles. The number of aryl methyl sites for hydroxylation is 1. The molecule has 1 atom stereocenters. The molecule has 0 saturated heterocycles. The third-order valence-corrected chi connectivity index (χ3v) is 5.28. The number of aromatic nitrogens is 2. The second-order valence-electron chi connectivity index (χ2n) is 7.43. The first-order valence-electron chi connectivity index (χ1n) is 8.85. The number of allylic oxidation sites excluding steroid dienone is 1. The van der Waals surface area contributed by atoms with E-state index in [2.05, 4.69) is 67.4 Å². The van der Waals surface area contributed by atoms with Gasteiger partial charge in [-0.05, 0) is 62.9 Å². The van der Waals surface area contributed by atoms with Crippen molar-refractivity contribution in [3.8, 4) is 0 Å². The summed E-state index contributed by atoms with van der Waals surface area (Å²) in [6.07, 6.45) is 6.88. The highest BCUT2D eigenvalue weighted by Gasteiger charge is 2.18. The van der Waals surface area contributed by atoms with Crippen molar-refractivity contribution in [1.29, 1.82) is 0 Å². The highest BCUT2D eigenvalue weighted by Crippen LogP contribution is 2.25. The van der Waals surface area contributed by atoms with Crippen molar-refractivity contribution in [3.63, 3.8) is 0 Å². The Hall–Kier alpha value is -1.72. The lowest BCUT2D eigenvalue weighted by atomic mass is 9.88. The molecule has 2 N–H and O–H groups in total. The van der Waals surface area contributed by atoms with E-state index in [9.17, 15) is 0 Å². The number of nitrogens with one attached hydrogen (secondary N) is 2. The summed E-state index contributed by atoms with van der Waals surface area (Å²) < 4.78 is 0. The number of hydrogen-bond donors (Lipinski definition) is 2. The Morgan fingerprint density at radius 3 is 2.76 bits per heavy atom. The minimum atomic E-state index is 0.276. The Labute approximate surface area is 155 Å². The number of nitrogens with zero attached hydrogens (tertiary/aromatic N) is 2. The monoisotopic (exact) mass is 358 g/mol. The summed E-state index contributed by atoms with van der Waals surface area (Å²) in [7, 11) is 0. The van der Waals surface area contributed by atoms with E-state index in [0.717, 1.165) is 29.6 Å². The van der Waals surface area contributed by atoms with Crippen molar-refractivity contribution in [2.75, 3.05) is 11.9 Å². The average Bonchev–Trinajstić information content (AvgIpc) is 2.86. The van der Waals surface area contributed by atoms with E-state index < -0.39 is 0 Å². The Morgan fingerprint density at radius 1 is 1.32 bits per heavy atom. The van der Waals surface area contributed by atoms with Gasteiger partial charge in [0.05, 0.1) is 5.69 Å². The molecule has 2 heterocycles. The van der Waals surface area contributed by atoms with Gasteiger partial charge in [-0.3, -0.25) is 0 Å². The Morgan fingerprint density at radius 2 is 2.08 bits per heavy atom. The number of thiazole rings is 1. The number of hydrogen-bond acceptors (Lipinski definition) is 5. The van der Waals surface area contributed by atoms with Crippen LogP contribution in [0.1, 0.15) is 50.8 Å². The van der Waals surface area contributed by atoms with Crippen molar-refractivity contribution in [3.05, 3.63) is 40.5 Å². The van der Waals surface area contributed by atoms with Gasteiger partial charge in [0.2, 0.25) is 0 Å². The van der Waals surface area contributed by atoms with Crippen LogP contribution < -0.4 is 10.6 Å². The first-order chi connectivity index (χ1) is 11.8. The topological polar surface area (TPSA) is 49.8 Å². The van der Waals surface area contributed by atoms with Crippen molar-refractivity contribution in [2.45, 2.75) is 54.0 Å². The van der Waals surface area contributed by atoms with Gasteiger partial charge in [-0.2, -0.15) is 0 Å². The molecule has 136 valence electrons. The second-order valence-corrected chi connectivity index (χ2v) is 8.63. The van der Waals surface area contributed by atoms with Crippen molar-refractivity contribution >= 4 is 28.4 Å². The molecule has 0 saturated carbocycles. The predicted molar refractivity (Wildman–Crippen MR) is 110 cm³/mol. The van der Waals surface area contributed by atoms with Gasteiger partial charge in [0.1, 0.15) is 5.82 Å². The fraction of sp³-hybridized carbons (Fsp3) is 0.500. The standard InChI is InChI=1S/C20H30N4S/c1-7-8-17-14(2)25-19(23-17)24-18-13-16(10-12-22-18)9-11-21-15(3)20(4,5)6/h7-8,10,12-13,15,21H,9,11H2,1-6H3,(H,22,23,24). The van der Waals surface area contributed by atoms with E-state index in [1.54, 1.807) is 11.3 Å². The molecule has 2 rings (SSSR count). The van der Waals surface area contributed by atoms with E-state index >= 15 is 0 Å². The quantitative estimate of drug-likeness (QED) is 0.715. The summed E-state index contributed by atoms with van der Waals surface area (Å²) >= 11 is 1.65. The zero-order chi connectivity index (χ0) is 18.4. The molecule has 2 aromatic rings. The molecule has 25 heavy (non-hydrogen) atoms. The van der Waals surface area contributed by atoms with Gasteiger partial charge in [0.25, 0.3) is 0 Å². The maximum atomic E-state index is 4.61. The Bertz CT molecular complexity index is 713. The molecule has 5 heteroatoms. The zero-order valence-electron chi connectivity index (χ0n) is 16.2. The molecule has 0 fully saturated rings. The largest absolute Gasteiger partial charge is 0.316 e. The SMILES string of the molecule is CC=Cc1nc(Nc2cc(CCNC(C)C(C)(C)C)ccn2)sc1C. The molecule has 0 aromatic carbocycles. The molecule has 0 aliphatic carbocycles. The van der Waals surface area contributed by atoms with Gasteiger partial charge in [-0.1, -0.05) is 26.8 Å². The lowest BCUT2D eigenvalue weighted by Crippen LogP contribution is -2.38. The van der Waals surface area contributed by atoms with Crippen LogP contribution in [0.2, 0.25) is 0 Å². The molecule has 1 unspecified atom stereocenters. The summed E-state index contributed by atoms with van der Waals surface area (Å²) in [5.41, 5.74) is 2.57. The van der Waals surface area contributed by atoms with Crippen LogP contribution in [0.25, 0.3) is 6.08 Å². The molecule has 0 aliphatic rings. The molecule has 0 aliphatic heterocycles.